The lowest BCUT2D eigenvalue weighted by atomic mass is 10.2. The van der Waals surface area contributed by atoms with Gasteiger partial charge in [-0.2, -0.15) is 0 Å². The van der Waals surface area contributed by atoms with Gasteiger partial charge in [-0.1, -0.05) is 18.2 Å². The van der Waals surface area contributed by atoms with E-state index in [0.717, 1.165) is 23.7 Å². The highest BCUT2D eigenvalue weighted by Gasteiger charge is 2.43. The third-order valence-electron chi connectivity index (χ3n) is 5.62. The standard InChI is InChI=1S/C20H24N4O4/c1-28-20(6-7-20)13-21-17(25)19(27)24-10-8-23(9-11-24)18(26)16-12-14-4-2-3-5-15(14)22-16/h2-5,12,22H,6-11,13H2,1H3,(H,21,25). The lowest BCUT2D eigenvalue weighted by Gasteiger charge is -2.34. The van der Waals surface area contributed by atoms with Crippen molar-refractivity contribution in [2.45, 2.75) is 18.4 Å². The predicted octanol–water partition coefficient (Wildman–Crippen LogP) is 0.748. The number of hydrogen-bond donors (Lipinski definition) is 2. The summed E-state index contributed by atoms with van der Waals surface area (Å²) in [5.74, 6) is -1.26. The molecule has 0 bridgehead atoms. The van der Waals surface area contributed by atoms with Gasteiger partial charge in [0.1, 0.15) is 5.69 Å². The summed E-state index contributed by atoms with van der Waals surface area (Å²) in [6.45, 7) is 1.83. The Morgan fingerprint density at radius 2 is 1.79 bits per heavy atom. The van der Waals surface area contributed by atoms with Gasteiger partial charge in [0.25, 0.3) is 5.91 Å². The van der Waals surface area contributed by atoms with Crippen LogP contribution < -0.4 is 5.32 Å². The Morgan fingerprint density at radius 3 is 2.43 bits per heavy atom. The van der Waals surface area contributed by atoms with Crippen molar-refractivity contribution in [1.29, 1.82) is 0 Å². The highest BCUT2D eigenvalue weighted by Crippen LogP contribution is 2.37. The van der Waals surface area contributed by atoms with Gasteiger partial charge in [0.2, 0.25) is 0 Å². The molecule has 2 N–H and O–H groups in total. The summed E-state index contributed by atoms with van der Waals surface area (Å²) in [5, 5.41) is 3.65. The molecule has 0 unspecified atom stereocenters. The van der Waals surface area contributed by atoms with Crippen LogP contribution in [0.2, 0.25) is 0 Å². The van der Waals surface area contributed by atoms with E-state index in [9.17, 15) is 14.4 Å². The van der Waals surface area contributed by atoms with Crippen molar-refractivity contribution in [3.05, 3.63) is 36.0 Å². The highest BCUT2D eigenvalue weighted by molar-refractivity contribution is 6.35. The van der Waals surface area contributed by atoms with Crippen molar-refractivity contribution < 1.29 is 19.1 Å². The Bertz CT molecular complexity index is 877. The molecule has 4 rings (SSSR count). The fraction of sp³-hybridized carbons (Fsp3) is 0.450. The summed E-state index contributed by atoms with van der Waals surface area (Å²) < 4.78 is 5.34. The van der Waals surface area contributed by atoms with Crippen LogP contribution in [-0.4, -0.2) is 77.9 Å². The summed E-state index contributed by atoms with van der Waals surface area (Å²) in [6, 6.07) is 9.56. The Morgan fingerprint density at radius 1 is 1.11 bits per heavy atom. The quantitative estimate of drug-likeness (QED) is 0.761. The summed E-state index contributed by atoms with van der Waals surface area (Å²) in [5.41, 5.74) is 1.16. The number of carbonyl (C=O) groups excluding carboxylic acids is 3. The molecule has 2 fully saturated rings. The smallest absolute Gasteiger partial charge is 0.312 e. The van der Waals surface area contributed by atoms with Crippen LogP contribution in [0.25, 0.3) is 10.9 Å². The monoisotopic (exact) mass is 384 g/mol. The summed E-state index contributed by atoms with van der Waals surface area (Å²) in [7, 11) is 1.62. The molecule has 28 heavy (non-hydrogen) atoms. The Labute approximate surface area is 162 Å². The van der Waals surface area contributed by atoms with Gasteiger partial charge >= 0.3 is 11.8 Å². The minimum Gasteiger partial charge on any atom is -0.376 e. The Balaban J connectivity index is 1.30. The zero-order valence-corrected chi connectivity index (χ0v) is 15.9. The van der Waals surface area contributed by atoms with E-state index >= 15 is 0 Å². The number of piperazine rings is 1. The van der Waals surface area contributed by atoms with E-state index in [1.165, 1.54) is 4.90 Å². The second kappa shape index (κ2) is 7.27. The number of rotatable bonds is 4. The molecule has 1 saturated heterocycles. The number of ether oxygens (including phenoxy) is 1. The maximum atomic E-state index is 12.7. The number of nitrogens with one attached hydrogen (secondary N) is 2. The average Bonchev–Trinajstić information content (AvgIpc) is 3.40. The molecule has 8 nitrogen and oxygen atoms in total. The van der Waals surface area contributed by atoms with Crippen LogP contribution in [-0.2, 0) is 14.3 Å². The number of aromatic amines is 1. The van der Waals surface area contributed by atoms with E-state index in [4.69, 9.17) is 4.74 Å². The fourth-order valence-corrected chi connectivity index (χ4v) is 3.52. The first-order chi connectivity index (χ1) is 13.5. The lowest BCUT2D eigenvalue weighted by Crippen LogP contribution is -2.54. The first-order valence-corrected chi connectivity index (χ1v) is 9.51. The maximum absolute atomic E-state index is 12.7. The number of carbonyl (C=O) groups is 3. The maximum Gasteiger partial charge on any atom is 0.312 e. The molecule has 1 aromatic heterocycles. The van der Waals surface area contributed by atoms with Gasteiger partial charge in [0.05, 0.1) is 5.60 Å². The van der Waals surface area contributed by atoms with Gasteiger partial charge in [-0.05, 0) is 25.0 Å². The van der Waals surface area contributed by atoms with Crippen LogP contribution in [0.1, 0.15) is 23.3 Å². The van der Waals surface area contributed by atoms with Crippen LogP contribution >= 0.6 is 0 Å². The van der Waals surface area contributed by atoms with Gasteiger partial charge in [-0.25, -0.2) is 0 Å². The van der Waals surface area contributed by atoms with Crippen molar-refractivity contribution in [3.63, 3.8) is 0 Å². The second-order valence-corrected chi connectivity index (χ2v) is 7.42. The van der Waals surface area contributed by atoms with Crippen LogP contribution in [0.3, 0.4) is 0 Å². The molecule has 1 aromatic carbocycles. The molecule has 148 valence electrons. The van der Waals surface area contributed by atoms with E-state index in [-0.39, 0.29) is 11.5 Å². The zero-order valence-electron chi connectivity index (χ0n) is 15.9. The van der Waals surface area contributed by atoms with E-state index in [1.807, 2.05) is 30.3 Å². The Kier molecular flexibility index (Phi) is 4.80. The molecule has 0 spiro atoms. The van der Waals surface area contributed by atoms with Crippen LogP contribution in [0, 0.1) is 0 Å². The first-order valence-electron chi connectivity index (χ1n) is 9.51. The summed E-state index contributed by atoms with van der Waals surface area (Å²) in [4.78, 5) is 43.5. The molecule has 0 radical (unpaired) electrons. The van der Waals surface area contributed by atoms with E-state index in [1.54, 1.807) is 12.0 Å². The zero-order chi connectivity index (χ0) is 19.7. The molecular formula is C20H24N4O4. The summed E-state index contributed by atoms with van der Waals surface area (Å²) in [6.07, 6.45) is 1.79. The third-order valence-corrected chi connectivity index (χ3v) is 5.62. The number of amides is 3. The highest BCUT2D eigenvalue weighted by atomic mass is 16.5. The van der Waals surface area contributed by atoms with Gasteiger partial charge < -0.3 is 24.8 Å². The minimum absolute atomic E-state index is 0.0940. The molecule has 0 atom stereocenters. The molecule has 2 heterocycles. The SMILES string of the molecule is COC1(CNC(=O)C(=O)N2CCN(C(=O)c3cc4ccccc4[nH]3)CC2)CC1. The van der Waals surface area contributed by atoms with Crippen molar-refractivity contribution in [2.24, 2.45) is 0 Å². The normalized spacial score (nSPS) is 18.2. The number of methoxy groups -OCH3 is 1. The van der Waals surface area contributed by atoms with Crippen molar-refractivity contribution in [2.75, 3.05) is 39.8 Å². The number of hydrogen-bond acceptors (Lipinski definition) is 4. The van der Waals surface area contributed by atoms with Gasteiger partial charge in [0, 0.05) is 50.7 Å². The number of aromatic nitrogens is 1. The van der Waals surface area contributed by atoms with Gasteiger partial charge in [0.15, 0.2) is 0 Å². The molecule has 1 aliphatic carbocycles. The van der Waals surface area contributed by atoms with Crippen molar-refractivity contribution >= 4 is 28.6 Å². The topological polar surface area (TPSA) is 94.7 Å². The molecule has 3 amide bonds. The average molecular weight is 384 g/mol. The molecule has 2 aromatic rings. The number of fused-ring (bicyclic) bond motifs is 1. The van der Waals surface area contributed by atoms with Gasteiger partial charge in [-0.3, -0.25) is 14.4 Å². The molecule has 1 aliphatic heterocycles. The molecular weight excluding hydrogens is 360 g/mol. The molecule has 1 saturated carbocycles. The van der Waals surface area contributed by atoms with Crippen molar-refractivity contribution in [3.8, 4) is 0 Å². The fourth-order valence-electron chi connectivity index (χ4n) is 3.52. The number of para-hydroxylation sites is 1. The first kappa shape index (κ1) is 18.5. The second-order valence-electron chi connectivity index (χ2n) is 7.42. The lowest BCUT2D eigenvalue weighted by molar-refractivity contribution is -0.147. The number of benzene rings is 1. The Hall–Kier alpha value is -2.87. The predicted molar refractivity (Wildman–Crippen MR) is 103 cm³/mol. The summed E-state index contributed by atoms with van der Waals surface area (Å²) >= 11 is 0. The number of H-pyrrole nitrogens is 1. The van der Waals surface area contributed by atoms with Crippen molar-refractivity contribution in [1.82, 2.24) is 20.1 Å². The molecule has 2 aliphatic rings. The van der Waals surface area contributed by atoms with E-state index in [0.29, 0.717) is 38.4 Å². The number of nitrogens with zero attached hydrogens (tertiary/aromatic N) is 2. The molecule has 8 heteroatoms. The van der Waals surface area contributed by atoms with Crippen LogP contribution in [0.15, 0.2) is 30.3 Å². The van der Waals surface area contributed by atoms with Crippen LogP contribution in [0.5, 0.6) is 0 Å². The van der Waals surface area contributed by atoms with Gasteiger partial charge in [-0.15, -0.1) is 0 Å². The van der Waals surface area contributed by atoms with E-state index < -0.39 is 11.8 Å². The van der Waals surface area contributed by atoms with E-state index in [2.05, 4.69) is 10.3 Å². The minimum atomic E-state index is -0.612. The largest absolute Gasteiger partial charge is 0.376 e. The third kappa shape index (κ3) is 3.60. The van der Waals surface area contributed by atoms with Crippen LogP contribution in [0.4, 0.5) is 0 Å².